The smallest absolute Gasteiger partial charge is 0.308 e. The molecule has 0 spiro atoms. The number of nitrogens with zero attached hydrogens (tertiary/aromatic N) is 1. The second-order valence-electron chi connectivity index (χ2n) is 6.06. The summed E-state index contributed by atoms with van der Waals surface area (Å²) in [7, 11) is -3.70. The van der Waals surface area contributed by atoms with Crippen LogP contribution in [0.25, 0.3) is 0 Å². The van der Waals surface area contributed by atoms with Crippen LogP contribution in [0.5, 0.6) is 0 Å². The first kappa shape index (κ1) is 18.7. The number of carbonyl (C=O) groups excluding carboxylic acids is 2. The van der Waals surface area contributed by atoms with Crippen molar-refractivity contribution in [1.29, 1.82) is 0 Å². The van der Waals surface area contributed by atoms with Crippen molar-refractivity contribution in [2.75, 3.05) is 12.3 Å². The fourth-order valence-corrected chi connectivity index (χ4v) is 4.46. The van der Waals surface area contributed by atoms with Crippen LogP contribution in [0.3, 0.4) is 0 Å². The largest absolute Gasteiger partial charge is 0.456 e. The van der Waals surface area contributed by atoms with Gasteiger partial charge >= 0.3 is 5.97 Å². The molecule has 1 aromatic rings. The number of hydrogen-bond donors (Lipinski definition) is 0. The minimum absolute atomic E-state index is 0.0841. The molecule has 3 rings (SSSR count). The molecule has 0 radical (unpaired) electrons. The van der Waals surface area contributed by atoms with Gasteiger partial charge in [0.1, 0.15) is 5.82 Å². The Labute approximate surface area is 154 Å². The third kappa shape index (κ3) is 2.95. The van der Waals surface area contributed by atoms with Gasteiger partial charge in [-0.2, -0.15) is 0 Å². The van der Waals surface area contributed by atoms with Crippen molar-refractivity contribution in [3.63, 3.8) is 0 Å². The van der Waals surface area contributed by atoms with E-state index in [0.29, 0.717) is 6.42 Å². The number of ether oxygens (including phenoxy) is 2. The summed E-state index contributed by atoms with van der Waals surface area (Å²) in [5, 5.41) is -0.140. The van der Waals surface area contributed by atoms with Crippen molar-refractivity contribution in [3.8, 4) is 0 Å². The van der Waals surface area contributed by atoms with Crippen molar-refractivity contribution in [1.82, 2.24) is 4.31 Å². The molecule has 26 heavy (non-hydrogen) atoms. The molecule has 140 valence electrons. The molecule has 0 amide bonds. The van der Waals surface area contributed by atoms with Gasteiger partial charge in [-0.15, -0.1) is 0 Å². The van der Waals surface area contributed by atoms with Crippen molar-refractivity contribution in [2.45, 2.75) is 25.9 Å². The van der Waals surface area contributed by atoms with Crippen LogP contribution in [0, 0.1) is 5.82 Å². The Morgan fingerprint density at radius 3 is 2.65 bits per heavy atom. The lowest BCUT2D eigenvalue weighted by Crippen LogP contribution is -2.33. The van der Waals surface area contributed by atoms with Crippen LogP contribution in [0.15, 0.2) is 29.8 Å². The van der Waals surface area contributed by atoms with Crippen LogP contribution >= 0.6 is 11.6 Å². The van der Waals surface area contributed by atoms with Gasteiger partial charge in [0.05, 0.1) is 10.8 Å². The first-order chi connectivity index (χ1) is 12.1. The van der Waals surface area contributed by atoms with Crippen molar-refractivity contribution in [3.05, 3.63) is 46.2 Å². The molecule has 10 heteroatoms. The summed E-state index contributed by atoms with van der Waals surface area (Å²) < 4.78 is 49.8. The summed E-state index contributed by atoms with van der Waals surface area (Å²) >= 11 is 5.67. The molecule has 1 saturated heterocycles. The van der Waals surface area contributed by atoms with Crippen LogP contribution in [-0.4, -0.2) is 36.8 Å². The molecule has 7 nitrogen and oxygen atoms in total. The van der Waals surface area contributed by atoms with Gasteiger partial charge in [0.15, 0.2) is 5.60 Å². The van der Waals surface area contributed by atoms with E-state index >= 15 is 0 Å². The van der Waals surface area contributed by atoms with Crippen LogP contribution in [0.4, 0.5) is 4.39 Å². The number of sulfonamides is 1. The van der Waals surface area contributed by atoms with Gasteiger partial charge in [-0.1, -0.05) is 17.7 Å². The van der Waals surface area contributed by atoms with E-state index in [2.05, 4.69) is 0 Å². The van der Waals surface area contributed by atoms with Crippen LogP contribution in [0.2, 0.25) is 5.02 Å². The summed E-state index contributed by atoms with van der Waals surface area (Å²) in [4.78, 5) is 24.3. The Balaban J connectivity index is 2.09. The highest BCUT2D eigenvalue weighted by Gasteiger charge is 2.53. The highest BCUT2D eigenvalue weighted by molar-refractivity contribution is 7.89. The third-order valence-electron chi connectivity index (χ3n) is 4.18. The number of Topliss-reactive ketones (excluding diaryl/α,β-unsaturated/α-hetero) is 1. The Hall–Kier alpha value is -2.13. The zero-order chi connectivity index (χ0) is 19.3. The predicted octanol–water partition coefficient (Wildman–Crippen LogP) is 2.06. The molecular weight excluding hydrogens is 389 g/mol. The normalized spacial score (nSPS) is 24.8. The standard InChI is InChI=1S/C16H15ClFNO6S/c1-9(20)24-13-14(21)16(2,10-4-5-11(17)12(18)8-10)25-15(13)19-6-3-7-26(19,22)23/h4-5,8H,3,6-7H2,1-2H3. The van der Waals surface area contributed by atoms with E-state index in [1.54, 1.807) is 0 Å². The summed E-state index contributed by atoms with van der Waals surface area (Å²) in [6.45, 7) is 2.51. The number of esters is 1. The Kier molecular flexibility index (Phi) is 4.48. The van der Waals surface area contributed by atoms with Crippen molar-refractivity contribution < 1.29 is 31.9 Å². The fourth-order valence-electron chi connectivity index (χ4n) is 2.85. The van der Waals surface area contributed by atoms with Gasteiger partial charge in [-0.3, -0.25) is 9.59 Å². The Bertz CT molecular complexity index is 944. The second-order valence-corrected chi connectivity index (χ2v) is 8.48. The maximum atomic E-state index is 13.9. The molecule has 1 unspecified atom stereocenters. The first-order valence-corrected chi connectivity index (χ1v) is 9.67. The zero-order valence-corrected chi connectivity index (χ0v) is 15.5. The van der Waals surface area contributed by atoms with Crippen LogP contribution < -0.4 is 0 Å². The fraction of sp³-hybridized carbons (Fsp3) is 0.375. The number of benzene rings is 1. The molecule has 1 aromatic carbocycles. The highest BCUT2D eigenvalue weighted by atomic mass is 35.5. The highest BCUT2D eigenvalue weighted by Crippen LogP contribution is 2.42. The number of halogens is 2. The third-order valence-corrected chi connectivity index (χ3v) is 6.31. The van der Waals surface area contributed by atoms with E-state index in [1.807, 2.05) is 0 Å². The number of carbonyl (C=O) groups is 2. The van der Waals surface area contributed by atoms with Crippen LogP contribution in [-0.2, 0) is 34.7 Å². The van der Waals surface area contributed by atoms with Gasteiger partial charge in [-0.25, -0.2) is 17.1 Å². The molecule has 2 heterocycles. The molecule has 0 aliphatic carbocycles. The van der Waals surface area contributed by atoms with E-state index in [9.17, 15) is 22.4 Å². The first-order valence-electron chi connectivity index (χ1n) is 7.69. The molecule has 0 saturated carbocycles. The van der Waals surface area contributed by atoms with Gasteiger partial charge in [0.25, 0.3) is 11.7 Å². The second kappa shape index (κ2) is 6.24. The minimum Gasteiger partial charge on any atom is -0.456 e. The van der Waals surface area contributed by atoms with Gasteiger partial charge < -0.3 is 9.47 Å². The Morgan fingerprint density at radius 1 is 1.42 bits per heavy atom. The summed E-state index contributed by atoms with van der Waals surface area (Å²) in [5.74, 6) is -3.35. The van der Waals surface area contributed by atoms with Crippen molar-refractivity contribution in [2.24, 2.45) is 0 Å². The average molecular weight is 404 g/mol. The summed E-state index contributed by atoms with van der Waals surface area (Å²) in [5.41, 5.74) is -1.65. The molecule has 1 atom stereocenters. The SMILES string of the molecule is CC(=O)OC1=C(N2CCCS2(=O)=O)OC(C)(c2ccc(Cl)c(F)c2)C1=O. The minimum atomic E-state index is -3.70. The molecule has 2 aliphatic rings. The Morgan fingerprint density at radius 2 is 2.12 bits per heavy atom. The van der Waals surface area contributed by atoms with Gasteiger partial charge in [-0.05, 0) is 25.5 Å². The monoisotopic (exact) mass is 403 g/mol. The predicted molar refractivity (Wildman–Crippen MR) is 88.8 cm³/mol. The molecule has 1 fully saturated rings. The summed E-state index contributed by atoms with van der Waals surface area (Å²) in [6.07, 6.45) is 0.336. The number of rotatable bonds is 3. The number of ketones is 1. The lowest BCUT2D eigenvalue weighted by atomic mass is 9.91. The number of hydrogen-bond acceptors (Lipinski definition) is 6. The van der Waals surface area contributed by atoms with E-state index in [4.69, 9.17) is 21.1 Å². The van der Waals surface area contributed by atoms with Crippen LogP contribution in [0.1, 0.15) is 25.8 Å². The lowest BCUT2D eigenvalue weighted by Gasteiger charge is -2.26. The molecule has 2 aliphatic heterocycles. The zero-order valence-electron chi connectivity index (χ0n) is 13.9. The molecular formula is C16H15ClFNO6S. The lowest BCUT2D eigenvalue weighted by molar-refractivity contribution is -0.142. The molecule has 0 N–H and O–H groups in total. The van der Waals surface area contributed by atoms with E-state index in [1.165, 1.54) is 19.1 Å². The molecule has 0 bridgehead atoms. The topological polar surface area (TPSA) is 90.0 Å². The quantitative estimate of drug-likeness (QED) is 0.717. The maximum absolute atomic E-state index is 13.9. The summed E-state index contributed by atoms with van der Waals surface area (Å²) in [6, 6.07) is 3.66. The average Bonchev–Trinajstić information content (AvgIpc) is 3.01. The molecule has 0 aromatic heterocycles. The van der Waals surface area contributed by atoms with E-state index in [0.717, 1.165) is 17.3 Å². The van der Waals surface area contributed by atoms with Gasteiger partial charge in [0.2, 0.25) is 15.8 Å². The maximum Gasteiger partial charge on any atom is 0.308 e. The van der Waals surface area contributed by atoms with E-state index < -0.39 is 39.0 Å². The van der Waals surface area contributed by atoms with Crippen molar-refractivity contribution >= 4 is 33.4 Å². The van der Waals surface area contributed by atoms with E-state index in [-0.39, 0.29) is 28.8 Å². The van der Waals surface area contributed by atoms with Gasteiger partial charge in [0, 0.05) is 19.0 Å².